The minimum Gasteiger partial charge on any atom is -0.482 e. The third-order valence-electron chi connectivity index (χ3n) is 3.26. The Bertz CT molecular complexity index is 820. The molecule has 1 aromatic heterocycles. The number of thiazole rings is 1. The summed E-state index contributed by atoms with van der Waals surface area (Å²) in [6.45, 7) is 3.75. The van der Waals surface area contributed by atoms with Crippen LogP contribution < -0.4 is 10.1 Å². The van der Waals surface area contributed by atoms with Crippen LogP contribution in [-0.2, 0) is 4.79 Å². The molecule has 3 rings (SSSR count). The maximum absolute atomic E-state index is 12.0. The van der Waals surface area contributed by atoms with Gasteiger partial charge in [0.05, 0.1) is 15.2 Å². The summed E-state index contributed by atoms with van der Waals surface area (Å²) in [5, 5.41) is 3.82. The number of ether oxygens (including phenoxy) is 1. The van der Waals surface area contributed by atoms with E-state index in [9.17, 15) is 4.79 Å². The Morgan fingerprint density at radius 2 is 2.09 bits per heavy atom. The number of halogens is 1. The van der Waals surface area contributed by atoms with Gasteiger partial charge in [0.1, 0.15) is 5.75 Å². The fourth-order valence-corrected chi connectivity index (χ4v) is 3.56. The normalized spacial score (nSPS) is 10.7. The van der Waals surface area contributed by atoms with E-state index in [-0.39, 0.29) is 12.5 Å². The molecule has 0 aliphatic carbocycles. The molecule has 118 valence electrons. The smallest absolute Gasteiger partial charge is 0.264 e. The summed E-state index contributed by atoms with van der Waals surface area (Å²) in [6.07, 6.45) is 0. The quantitative estimate of drug-likeness (QED) is 0.752. The summed E-state index contributed by atoms with van der Waals surface area (Å²) < 4.78 is 6.59. The van der Waals surface area contributed by atoms with Crippen molar-refractivity contribution >= 4 is 44.2 Å². The van der Waals surface area contributed by atoms with Crippen LogP contribution in [0.25, 0.3) is 10.2 Å². The highest BCUT2D eigenvalue weighted by Crippen LogP contribution is 2.30. The summed E-state index contributed by atoms with van der Waals surface area (Å²) in [5.41, 5.74) is 2.83. The lowest BCUT2D eigenvalue weighted by Gasteiger charge is -2.11. The summed E-state index contributed by atoms with van der Waals surface area (Å²) in [5.74, 6) is 0.275. The van der Waals surface area contributed by atoms with Crippen LogP contribution in [0.1, 0.15) is 11.1 Å². The number of nitrogens with one attached hydrogen (secondary N) is 1. The van der Waals surface area contributed by atoms with Crippen molar-refractivity contribution in [2.75, 3.05) is 11.9 Å². The maximum atomic E-state index is 12.0. The first-order valence-corrected chi connectivity index (χ1v) is 8.27. The molecule has 0 bridgehead atoms. The van der Waals surface area contributed by atoms with Crippen LogP contribution in [-0.4, -0.2) is 17.5 Å². The van der Waals surface area contributed by atoms with Crippen LogP contribution >= 0.6 is 22.9 Å². The van der Waals surface area contributed by atoms with Gasteiger partial charge in [0.25, 0.3) is 5.91 Å². The second-order valence-electron chi connectivity index (χ2n) is 5.22. The summed E-state index contributed by atoms with van der Waals surface area (Å²) in [6, 6.07) is 11.5. The molecule has 1 amide bonds. The number of aryl methyl sites for hydroxylation is 2. The predicted octanol–water partition coefficient (Wildman–Crippen LogP) is 4.58. The number of hydrogen-bond donors (Lipinski definition) is 1. The van der Waals surface area contributed by atoms with E-state index >= 15 is 0 Å². The lowest BCUT2D eigenvalue weighted by Crippen LogP contribution is -2.20. The molecule has 0 unspecified atom stereocenters. The van der Waals surface area contributed by atoms with E-state index in [0.29, 0.717) is 15.9 Å². The minimum atomic E-state index is -0.264. The van der Waals surface area contributed by atoms with E-state index in [1.807, 2.05) is 50.2 Å². The van der Waals surface area contributed by atoms with Gasteiger partial charge in [-0.1, -0.05) is 41.1 Å². The van der Waals surface area contributed by atoms with Crippen molar-refractivity contribution in [3.05, 3.63) is 52.5 Å². The molecule has 23 heavy (non-hydrogen) atoms. The number of rotatable bonds is 4. The Kier molecular flexibility index (Phi) is 4.50. The van der Waals surface area contributed by atoms with Gasteiger partial charge in [-0.15, -0.1) is 0 Å². The lowest BCUT2D eigenvalue weighted by atomic mass is 10.1. The number of para-hydroxylation sites is 1. The third-order valence-corrected chi connectivity index (χ3v) is 4.49. The molecule has 0 atom stereocenters. The molecule has 1 N–H and O–H groups in total. The number of carbonyl (C=O) groups excluding carboxylic acids is 1. The highest BCUT2D eigenvalue weighted by atomic mass is 35.5. The Labute approximate surface area is 143 Å². The zero-order valence-electron chi connectivity index (χ0n) is 12.7. The van der Waals surface area contributed by atoms with E-state index in [0.717, 1.165) is 21.3 Å². The Balaban J connectivity index is 1.66. The van der Waals surface area contributed by atoms with Crippen molar-refractivity contribution in [3.63, 3.8) is 0 Å². The molecule has 0 radical (unpaired) electrons. The molecule has 1 heterocycles. The van der Waals surface area contributed by atoms with E-state index in [4.69, 9.17) is 16.3 Å². The second-order valence-corrected chi connectivity index (χ2v) is 6.65. The number of anilines is 1. The fourth-order valence-electron chi connectivity index (χ4n) is 2.30. The van der Waals surface area contributed by atoms with Gasteiger partial charge in [-0.05, 0) is 43.2 Å². The van der Waals surface area contributed by atoms with Gasteiger partial charge in [0.15, 0.2) is 11.7 Å². The molecule has 4 nitrogen and oxygen atoms in total. The average molecular weight is 347 g/mol. The van der Waals surface area contributed by atoms with Crippen molar-refractivity contribution in [2.45, 2.75) is 13.8 Å². The van der Waals surface area contributed by atoms with Gasteiger partial charge in [-0.2, -0.15) is 0 Å². The molecule has 0 saturated heterocycles. The molecule has 3 aromatic rings. The predicted molar refractivity (Wildman–Crippen MR) is 94.7 cm³/mol. The van der Waals surface area contributed by atoms with Crippen LogP contribution in [0, 0.1) is 13.8 Å². The molecule has 2 aromatic carbocycles. The maximum Gasteiger partial charge on any atom is 0.264 e. The molecule has 0 aliphatic rings. The van der Waals surface area contributed by atoms with Gasteiger partial charge in [-0.3, -0.25) is 10.1 Å². The molecule has 0 spiro atoms. The van der Waals surface area contributed by atoms with E-state index in [1.165, 1.54) is 11.3 Å². The molecular formula is C17H15ClN2O2S. The van der Waals surface area contributed by atoms with Crippen molar-refractivity contribution in [3.8, 4) is 5.75 Å². The Hall–Kier alpha value is -2.11. The summed E-state index contributed by atoms with van der Waals surface area (Å²) >= 11 is 7.60. The SMILES string of the molecule is Cc1cc(C)c(OCC(=O)Nc2nc3ccccc3s2)c(Cl)c1. The van der Waals surface area contributed by atoms with Gasteiger partial charge in [-0.25, -0.2) is 4.98 Å². The number of hydrogen-bond acceptors (Lipinski definition) is 4. The topological polar surface area (TPSA) is 51.2 Å². The third kappa shape index (κ3) is 3.63. The van der Waals surface area contributed by atoms with Crippen LogP contribution in [0.5, 0.6) is 5.75 Å². The number of carbonyl (C=O) groups is 1. The van der Waals surface area contributed by atoms with E-state index in [1.54, 1.807) is 0 Å². The minimum absolute atomic E-state index is 0.112. The van der Waals surface area contributed by atoms with Crippen molar-refractivity contribution in [1.29, 1.82) is 0 Å². The molecule has 0 saturated carbocycles. The standard InChI is InChI=1S/C17H15ClN2O2S/c1-10-7-11(2)16(12(18)8-10)22-9-15(21)20-17-19-13-5-3-4-6-14(13)23-17/h3-8H,9H2,1-2H3,(H,19,20,21). The van der Waals surface area contributed by atoms with Crippen LogP contribution in [0.15, 0.2) is 36.4 Å². The summed E-state index contributed by atoms with van der Waals surface area (Å²) in [4.78, 5) is 16.4. The monoisotopic (exact) mass is 346 g/mol. The number of fused-ring (bicyclic) bond motifs is 1. The number of amides is 1. The van der Waals surface area contributed by atoms with Gasteiger partial charge < -0.3 is 4.74 Å². The van der Waals surface area contributed by atoms with Crippen molar-refractivity contribution in [1.82, 2.24) is 4.98 Å². The highest BCUT2D eigenvalue weighted by Gasteiger charge is 2.11. The second kappa shape index (κ2) is 6.56. The zero-order chi connectivity index (χ0) is 16.4. The first kappa shape index (κ1) is 15.8. The molecule has 0 aliphatic heterocycles. The van der Waals surface area contributed by atoms with Crippen molar-refractivity contribution < 1.29 is 9.53 Å². The highest BCUT2D eigenvalue weighted by molar-refractivity contribution is 7.22. The number of aromatic nitrogens is 1. The summed E-state index contributed by atoms with van der Waals surface area (Å²) in [7, 11) is 0. The number of nitrogens with zero attached hydrogens (tertiary/aromatic N) is 1. The van der Waals surface area contributed by atoms with Gasteiger partial charge in [0, 0.05) is 0 Å². The average Bonchev–Trinajstić information content (AvgIpc) is 2.88. The van der Waals surface area contributed by atoms with Crippen molar-refractivity contribution in [2.24, 2.45) is 0 Å². The first-order chi connectivity index (χ1) is 11.0. The van der Waals surface area contributed by atoms with Crippen LogP contribution in [0.3, 0.4) is 0 Å². The number of benzene rings is 2. The Morgan fingerprint density at radius 1 is 1.30 bits per heavy atom. The van der Waals surface area contributed by atoms with Crippen LogP contribution in [0.4, 0.5) is 5.13 Å². The molecule has 6 heteroatoms. The van der Waals surface area contributed by atoms with Crippen LogP contribution in [0.2, 0.25) is 5.02 Å². The zero-order valence-corrected chi connectivity index (χ0v) is 14.3. The largest absolute Gasteiger partial charge is 0.482 e. The fraction of sp³-hybridized carbons (Fsp3) is 0.176. The molecular weight excluding hydrogens is 332 g/mol. The Morgan fingerprint density at radius 3 is 2.83 bits per heavy atom. The van der Waals surface area contributed by atoms with E-state index in [2.05, 4.69) is 10.3 Å². The van der Waals surface area contributed by atoms with E-state index < -0.39 is 0 Å². The van der Waals surface area contributed by atoms with Gasteiger partial charge >= 0.3 is 0 Å². The first-order valence-electron chi connectivity index (χ1n) is 7.08. The van der Waals surface area contributed by atoms with Gasteiger partial charge in [0.2, 0.25) is 0 Å². The molecule has 0 fully saturated rings. The lowest BCUT2D eigenvalue weighted by molar-refractivity contribution is -0.118.